The third-order valence-corrected chi connectivity index (χ3v) is 3.55. The Hall–Kier alpha value is -2.60. The van der Waals surface area contributed by atoms with Crippen molar-refractivity contribution in [2.24, 2.45) is 5.10 Å². The molecule has 2 aromatic carbocycles. The summed E-state index contributed by atoms with van der Waals surface area (Å²) in [5.74, 6) is 1.42. The van der Waals surface area contributed by atoms with Gasteiger partial charge < -0.3 is 14.8 Å². The average Bonchev–Trinajstić information content (AvgIpc) is 2.63. The summed E-state index contributed by atoms with van der Waals surface area (Å²) in [5.41, 5.74) is 4.58. The number of hydrazone groups is 1. The van der Waals surface area contributed by atoms with Gasteiger partial charge in [0.15, 0.2) is 16.6 Å². The molecule has 0 heterocycles. The molecule has 5 nitrogen and oxygen atoms in total. The van der Waals surface area contributed by atoms with E-state index in [2.05, 4.69) is 22.8 Å². The molecule has 2 N–H and O–H groups in total. The molecule has 2 aromatic rings. The second-order valence-electron chi connectivity index (χ2n) is 5.30. The molecule has 0 amide bonds. The zero-order valence-corrected chi connectivity index (χ0v) is 15.3. The van der Waals surface area contributed by atoms with Crippen LogP contribution in [0.15, 0.2) is 53.6 Å². The van der Waals surface area contributed by atoms with Crippen LogP contribution < -0.4 is 20.2 Å². The molecule has 2 rings (SSSR count). The summed E-state index contributed by atoms with van der Waals surface area (Å²) in [4.78, 5) is 0. The van der Waals surface area contributed by atoms with Crippen LogP contribution in [-0.4, -0.2) is 25.0 Å². The second-order valence-corrected chi connectivity index (χ2v) is 5.71. The number of nitrogens with zero attached hydrogens (tertiary/aromatic N) is 1. The summed E-state index contributed by atoms with van der Waals surface area (Å²) < 4.78 is 11.1. The molecule has 0 saturated heterocycles. The second kappa shape index (κ2) is 10.3. The maximum absolute atomic E-state index is 5.72. The van der Waals surface area contributed by atoms with E-state index in [0.717, 1.165) is 29.8 Å². The molecule has 0 aliphatic rings. The van der Waals surface area contributed by atoms with E-state index in [9.17, 15) is 0 Å². The molecule has 0 aliphatic carbocycles. The van der Waals surface area contributed by atoms with Crippen LogP contribution in [0.2, 0.25) is 0 Å². The SMILES string of the molecule is CCCCOc1ccc(/C=N/NC(=S)Nc2ccccc2)cc1OC. The maximum atomic E-state index is 5.72. The highest BCUT2D eigenvalue weighted by atomic mass is 32.1. The van der Waals surface area contributed by atoms with Gasteiger partial charge in [0.2, 0.25) is 0 Å². The van der Waals surface area contributed by atoms with Gasteiger partial charge in [-0.15, -0.1) is 0 Å². The minimum atomic E-state index is 0.425. The first-order chi connectivity index (χ1) is 12.2. The van der Waals surface area contributed by atoms with Gasteiger partial charge in [0.05, 0.1) is 19.9 Å². The van der Waals surface area contributed by atoms with Crippen LogP contribution in [0.3, 0.4) is 0 Å². The van der Waals surface area contributed by atoms with Crippen molar-refractivity contribution in [3.8, 4) is 11.5 Å². The Morgan fingerprint density at radius 3 is 2.68 bits per heavy atom. The van der Waals surface area contributed by atoms with Crippen molar-refractivity contribution in [1.29, 1.82) is 0 Å². The minimum absolute atomic E-state index is 0.425. The molecular formula is C19H23N3O2S. The van der Waals surface area contributed by atoms with E-state index < -0.39 is 0 Å². The lowest BCUT2D eigenvalue weighted by atomic mass is 10.2. The Kier molecular flexibility index (Phi) is 7.72. The van der Waals surface area contributed by atoms with E-state index in [1.807, 2.05) is 48.5 Å². The topological polar surface area (TPSA) is 54.9 Å². The molecule has 0 saturated carbocycles. The molecule has 0 bridgehead atoms. The number of thiocarbonyl (C=S) groups is 1. The first-order valence-corrected chi connectivity index (χ1v) is 8.59. The Labute approximate surface area is 154 Å². The number of para-hydroxylation sites is 1. The van der Waals surface area contributed by atoms with Gasteiger partial charge in [-0.25, -0.2) is 0 Å². The van der Waals surface area contributed by atoms with Gasteiger partial charge >= 0.3 is 0 Å². The van der Waals surface area contributed by atoms with Crippen molar-refractivity contribution in [1.82, 2.24) is 5.43 Å². The van der Waals surface area contributed by atoms with E-state index >= 15 is 0 Å². The van der Waals surface area contributed by atoms with Gasteiger partial charge in [0.1, 0.15) is 0 Å². The summed E-state index contributed by atoms with van der Waals surface area (Å²) in [6.07, 6.45) is 3.79. The number of rotatable bonds is 8. The summed E-state index contributed by atoms with van der Waals surface area (Å²) in [6.45, 7) is 2.81. The fourth-order valence-electron chi connectivity index (χ4n) is 2.06. The Bertz CT molecular complexity index is 705. The van der Waals surface area contributed by atoms with E-state index in [4.69, 9.17) is 21.7 Å². The molecule has 25 heavy (non-hydrogen) atoms. The van der Waals surface area contributed by atoms with Gasteiger partial charge in [-0.1, -0.05) is 31.5 Å². The summed E-state index contributed by atoms with van der Waals surface area (Å²) in [5, 5.41) is 7.62. The Morgan fingerprint density at radius 2 is 1.96 bits per heavy atom. The molecule has 0 spiro atoms. The first-order valence-electron chi connectivity index (χ1n) is 8.19. The van der Waals surface area contributed by atoms with Crippen LogP contribution >= 0.6 is 12.2 Å². The van der Waals surface area contributed by atoms with Crippen molar-refractivity contribution in [2.45, 2.75) is 19.8 Å². The van der Waals surface area contributed by atoms with Crippen molar-refractivity contribution in [2.75, 3.05) is 19.0 Å². The molecule has 0 radical (unpaired) electrons. The van der Waals surface area contributed by atoms with Gasteiger partial charge in [-0.2, -0.15) is 5.10 Å². The quantitative estimate of drug-likeness (QED) is 0.321. The first kappa shape index (κ1) is 18.7. The van der Waals surface area contributed by atoms with Crippen LogP contribution in [0, 0.1) is 0 Å². The van der Waals surface area contributed by atoms with Crippen molar-refractivity contribution < 1.29 is 9.47 Å². The largest absolute Gasteiger partial charge is 0.493 e. The predicted octanol–water partition coefficient (Wildman–Crippen LogP) is 4.19. The van der Waals surface area contributed by atoms with E-state index in [1.165, 1.54) is 0 Å². The van der Waals surface area contributed by atoms with E-state index in [1.54, 1.807) is 13.3 Å². The Balaban J connectivity index is 1.90. The number of ether oxygens (including phenoxy) is 2. The number of hydrogen-bond acceptors (Lipinski definition) is 4. The average molecular weight is 357 g/mol. The van der Waals surface area contributed by atoms with Crippen LogP contribution in [-0.2, 0) is 0 Å². The van der Waals surface area contributed by atoms with Crippen LogP contribution in [0.1, 0.15) is 25.3 Å². The molecule has 0 atom stereocenters. The van der Waals surface area contributed by atoms with Crippen LogP contribution in [0.25, 0.3) is 0 Å². The van der Waals surface area contributed by atoms with Gasteiger partial charge in [-0.3, -0.25) is 5.43 Å². The molecule has 132 valence electrons. The minimum Gasteiger partial charge on any atom is -0.493 e. The zero-order valence-electron chi connectivity index (χ0n) is 14.5. The highest BCUT2D eigenvalue weighted by molar-refractivity contribution is 7.80. The molecule has 0 aliphatic heterocycles. The summed E-state index contributed by atoms with van der Waals surface area (Å²) in [7, 11) is 1.63. The molecule has 0 unspecified atom stereocenters. The highest BCUT2D eigenvalue weighted by Gasteiger charge is 2.04. The normalized spacial score (nSPS) is 10.5. The third-order valence-electron chi connectivity index (χ3n) is 3.35. The number of nitrogens with one attached hydrogen (secondary N) is 2. The van der Waals surface area contributed by atoms with E-state index in [0.29, 0.717) is 17.5 Å². The lowest BCUT2D eigenvalue weighted by molar-refractivity contribution is 0.288. The van der Waals surface area contributed by atoms with Gasteiger partial charge in [0.25, 0.3) is 0 Å². The molecule has 0 aromatic heterocycles. The standard InChI is InChI=1S/C19H23N3O2S/c1-3-4-12-24-17-11-10-15(13-18(17)23-2)14-20-22-19(25)21-16-8-6-5-7-9-16/h5-11,13-14H,3-4,12H2,1-2H3,(H2,21,22,25)/b20-14+. The number of benzene rings is 2. The molecule has 0 fully saturated rings. The number of hydrogen-bond donors (Lipinski definition) is 2. The lowest BCUT2D eigenvalue weighted by Gasteiger charge is -2.11. The zero-order chi connectivity index (χ0) is 17.9. The number of unbranched alkanes of at least 4 members (excludes halogenated alkanes) is 1. The van der Waals surface area contributed by atoms with Crippen molar-refractivity contribution >= 4 is 29.2 Å². The highest BCUT2D eigenvalue weighted by Crippen LogP contribution is 2.27. The summed E-state index contributed by atoms with van der Waals surface area (Å²) >= 11 is 5.20. The monoisotopic (exact) mass is 357 g/mol. The lowest BCUT2D eigenvalue weighted by Crippen LogP contribution is -2.23. The van der Waals surface area contributed by atoms with E-state index in [-0.39, 0.29) is 0 Å². The van der Waals surface area contributed by atoms with Crippen LogP contribution in [0.5, 0.6) is 11.5 Å². The van der Waals surface area contributed by atoms with Gasteiger partial charge in [-0.05, 0) is 54.5 Å². The van der Waals surface area contributed by atoms with Crippen molar-refractivity contribution in [3.63, 3.8) is 0 Å². The fourth-order valence-corrected chi connectivity index (χ4v) is 2.23. The van der Waals surface area contributed by atoms with Crippen molar-refractivity contribution in [3.05, 3.63) is 54.1 Å². The number of anilines is 1. The number of methoxy groups -OCH3 is 1. The fraction of sp³-hybridized carbons (Fsp3) is 0.263. The molecular weight excluding hydrogens is 334 g/mol. The van der Waals surface area contributed by atoms with Gasteiger partial charge in [0, 0.05) is 5.69 Å². The third kappa shape index (κ3) is 6.43. The van der Waals surface area contributed by atoms with Crippen LogP contribution in [0.4, 0.5) is 5.69 Å². The smallest absolute Gasteiger partial charge is 0.191 e. The summed E-state index contributed by atoms with van der Waals surface area (Å²) in [6, 6.07) is 15.4. The molecule has 6 heteroatoms. The Morgan fingerprint density at radius 1 is 1.16 bits per heavy atom. The maximum Gasteiger partial charge on any atom is 0.191 e. The predicted molar refractivity (Wildman–Crippen MR) is 107 cm³/mol.